The summed E-state index contributed by atoms with van der Waals surface area (Å²) in [5.41, 5.74) is 0. The molecule has 0 aliphatic heterocycles. The molecule has 0 aromatic rings. The lowest BCUT2D eigenvalue weighted by molar-refractivity contribution is -0.402. The van der Waals surface area contributed by atoms with Crippen molar-refractivity contribution < 1.29 is 5.09 Å². The fourth-order valence-corrected chi connectivity index (χ4v) is 9.99. The standard InChI is InChI=1S/C28H60P.NO3/c1-5-9-13-14-15-16-17-18-19-20-21-22-23-24-28-29(25-10-6-2,26-11-7-3)27-12-8-4;2-1(3)4/h5-28H2,1-4H3;/q+1;-1. The monoisotopic (exact) mass is 489 g/mol. The zero-order valence-electron chi connectivity index (χ0n) is 23.1. The van der Waals surface area contributed by atoms with Gasteiger partial charge < -0.3 is 15.3 Å². The molecule has 0 heterocycles. The first-order chi connectivity index (χ1) is 16.0. The molecule has 0 bridgehead atoms. The molecule has 0 aromatic heterocycles. The van der Waals surface area contributed by atoms with E-state index in [0.717, 1.165) is 0 Å². The van der Waals surface area contributed by atoms with Crippen molar-refractivity contribution in [2.75, 3.05) is 24.6 Å². The molecule has 0 aromatic carbocycles. The molecule has 200 valence electrons. The first-order valence-electron chi connectivity index (χ1n) is 14.6. The van der Waals surface area contributed by atoms with Crippen LogP contribution in [0.5, 0.6) is 0 Å². The Morgan fingerprint density at radius 2 is 0.636 bits per heavy atom. The first-order valence-corrected chi connectivity index (χ1v) is 17.2. The number of hydrogen-bond donors (Lipinski definition) is 0. The van der Waals surface area contributed by atoms with E-state index in [0.29, 0.717) is 0 Å². The van der Waals surface area contributed by atoms with Crippen molar-refractivity contribution in [3.8, 4) is 0 Å². The highest BCUT2D eigenvalue weighted by Crippen LogP contribution is 2.61. The van der Waals surface area contributed by atoms with Crippen LogP contribution in [0.25, 0.3) is 0 Å². The topological polar surface area (TPSA) is 66.2 Å². The van der Waals surface area contributed by atoms with Gasteiger partial charge >= 0.3 is 0 Å². The van der Waals surface area contributed by atoms with Gasteiger partial charge in [0.1, 0.15) is 0 Å². The molecule has 33 heavy (non-hydrogen) atoms. The average molecular weight is 490 g/mol. The molecule has 0 rings (SSSR count). The molecule has 0 aliphatic rings. The summed E-state index contributed by atoms with van der Waals surface area (Å²) in [6.45, 7) is 9.48. The Morgan fingerprint density at radius 1 is 0.424 bits per heavy atom. The summed E-state index contributed by atoms with van der Waals surface area (Å²) < 4.78 is 0. The normalized spacial score (nSPS) is 11.3. The maximum Gasteiger partial charge on any atom is 0.0689 e. The summed E-state index contributed by atoms with van der Waals surface area (Å²) in [4.78, 5) is 8.25. The minimum Gasteiger partial charge on any atom is -0.356 e. The van der Waals surface area contributed by atoms with Crippen LogP contribution < -0.4 is 0 Å². The van der Waals surface area contributed by atoms with Gasteiger partial charge in [-0.2, -0.15) is 0 Å². The predicted molar refractivity (Wildman–Crippen MR) is 152 cm³/mol. The minimum atomic E-state index is -1.75. The van der Waals surface area contributed by atoms with Gasteiger partial charge in [-0.05, 0) is 32.1 Å². The van der Waals surface area contributed by atoms with Gasteiger partial charge in [0.15, 0.2) is 0 Å². The smallest absolute Gasteiger partial charge is 0.0689 e. The maximum atomic E-state index is 8.25. The van der Waals surface area contributed by atoms with E-state index in [1.165, 1.54) is 122 Å². The molecule has 0 unspecified atom stereocenters. The van der Waals surface area contributed by atoms with Gasteiger partial charge in [0.25, 0.3) is 0 Å². The third kappa shape index (κ3) is 27.8. The van der Waals surface area contributed by atoms with Gasteiger partial charge in [0, 0.05) is 7.26 Å². The number of nitrogens with zero attached hydrogens (tertiary/aromatic N) is 1. The van der Waals surface area contributed by atoms with Crippen molar-refractivity contribution in [3.05, 3.63) is 15.3 Å². The summed E-state index contributed by atoms with van der Waals surface area (Å²) in [6.07, 6.45) is 36.0. The van der Waals surface area contributed by atoms with E-state index in [2.05, 4.69) is 27.7 Å². The van der Waals surface area contributed by atoms with Crippen molar-refractivity contribution in [1.29, 1.82) is 0 Å². The van der Waals surface area contributed by atoms with Crippen LogP contribution in [0, 0.1) is 15.3 Å². The number of rotatable bonds is 24. The van der Waals surface area contributed by atoms with Crippen molar-refractivity contribution in [3.63, 3.8) is 0 Å². The van der Waals surface area contributed by atoms with Crippen molar-refractivity contribution in [2.24, 2.45) is 0 Å². The van der Waals surface area contributed by atoms with E-state index in [4.69, 9.17) is 15.3 Å². The Labute approximate surface area is 208 Å². The Morgan fingerprint density at radius 3 is 0.909 bits per heavy atom. The van der Waals surface area contributed by atoms with Crippen LogP contribution >= 0.6 is 7.26 Å². The van der Waals surface area contributed by atoms with Crippen molar-refractivity contribution in [2.45, 2.75) is 156 Å². The van der Waals surface area contributed by atoms with E-state index in [1.54, 1.807) is 31.1 Å². The van der Waals surface area contributed by atoms with Crippen LogP contribution in [0.4, 0.5) is 0 Å². The lowest BCUT2D eigenvalue weighted by Crippen LogP contribution is -2.13. The van der Waals surface area contributed by atoms with E-state index < -0.39 is 12.3 Å². The molecule has 5 heteroatoms. The van der Waals surface area contributed by atoms with E-state index in [9.17, 15) is 0 Å². The second-order valence-corrected chi connectivity index (χ2v) is 14.6. The van der Waals surface area contributed by atoms with E-state index >= 15 is 0 Å². The lowest BCUT2D eigenvalue weighted by Gasteiger charge is -2.28. The molecule has 0 saturated heterocycles. The molecule has 0 amide bonds. The molecule has 0 fully saturated rings. The number of hydrogen-bond acceptors (Lipinski definition) is 3. The highest BCUT2D eigenvalue weighted by molar-refractivity contribution is 7.75. The van der Waals surface area contributed by atoms with Crippen LogP contribution in [-0.4, -0.2) is 29.7 Å². The zero-order valence-corrected chi connectivity index (χ0v) is 24.0. The van der Waals surface area contributed by atoms with Crippen LogP contribution in [0.3, 0.4) is 0 Å². The number of unbranched alkanes of at least 4 members (excludes halogenated alkanes) is 16. The summed E-state index contributed by atoms with van der Waals surface area (Å²) in [5.74, 6) is 0. The second-order valence-electron chi connectivity index (χ2n) is 10.1. The van der Waals surface area contributed by atoms with Gasteiger partial charge in [0.05, 0.1) is 29.7 Å². The average Bonchev–Trinajstić information content (AvgIpc) is 2.79. The van der Waals surface area contributed by atoms with Crippen LogP contribution in [0.15, 0.2) is 0 Å². The Bertz CT molecular complexity index is 368. The van der Waals surface area contributed by atoms with Gasteiger partial charge in [-0.25, -0.2) is 0 Å². The van der Waals surface area contributed by atoms with E-state index in [-0.39, 0.29) is 0 Å². The molecular weight excluding hydrogens is 429 g/mol. The molecule has 0 N–H and O–H groups in total. The second kappa shape index (κ2) is 27.9. The van der Waals surface area contributed by atoms with Gasteiger partial charge in [-0.15, -0.1) is 0 Å². The van der Waals surface area contributed by atoms with Crippen LogP contribution in [0.2, 0.25) is 0 Å². The molecule has 4 nitrogen and oxygen atoms in total. The van der Waals surface area contributed by atoms with Crippen molar-refractivity contribution in [1.82, 2.24) is 0 Å². The Kier molecular flexibility index (Phi) is 29.4. The molecule has 0 radical (unpaired) electrons. The molecule has 0 spiro atoms. The van der Waals surface area contributed by atoms with Gasteiger partial charge in [-0.1, -0.05) is 124 Å². The summed E-state index contributed by atoms with van der Waals surface area (Å²) in [5, 5.41) is 14.8. The fourth-order valence-electron chi connectivity index (χ4n) is 4.79. The predicted octanol–water partition coefficient (Wildman–Crippen LogP) is 10.6. The Hall–Kier alpha value is -0.370. The highest BCUT2D eigenvalue weighted by Gasteiger charge is 2.34. The summed E-state index contributed by atoms with van der Waals surface area (Å²) in [7, 11) is -0.630. The molecular formula is C28H60NO3P. The lowest BCUT2D eigenvalue weighted by atomic mass is 10.0. The summed E-state index contributed by atoms with van der Waals surface area (Å²) in [6, 6.07) is 0. The largest absolute Gasteiger partial charge is 0.356 e. The third-order valence-electron chi connectivity index (χ3n) is 6.94. The van der Waals surface area contributed by atoms with Crippen molar-refractivity contribution >= 4 is 7.26 Å². The minimum absolute atomic E-state index is 0.630. The van der Waals surface area contributed by atoms with Crippen LogP contribution in [0.1, 0.15) is 156 Å². The summed E-state index contributed by atoms with van der Waals surface area (Å²) >= 11 is 0. The maximum absolute atomic E-state index is 8.25. The molecule has 0 saturated carbocycles. The zero-order chi connectivity index (χ0) is 25.0. The first kappa shape index (κ1) is 34.8. The quantitative estimate of drug-likeness (QED) is 0.0586. The van der Waals surface area contributed by atoms with Crippen LogP contribution in [-0.2, 0) is 0 Å². The highest BCUT2D eigenvalue weighted by atomic mass is 31.2. The SMILES string of the molecule is CCCCCCCCCCCCCCCC[P+](CCCC)(CCCC)CCCC.O=[N+]([O-])[O-]. The molecule has 0 aliphatic carbocycles. The fraction of sp³-hybridized carbons (Fsp3) is 1.00. The molecule has 0 atom stereocenters. The van der Waals surface area contributed by atoms with Gasteiger partial charge in [-0.3, -0.25) is 0 Å². The Balaban J connectivity index is 0. The van der Waals surface area contributed by atoms with Gasteiger partial charge in [0.2, 0.25) is 0 Å². The van der Waals surface area contributed by atoms with E-state index in [1.807, 2.05) is 0 Å². The third-order valence-corrected chi connectivity index (χ3v) is 12.0.